The quantitative estimate of drug-likeness (QED) is 0.557. The van der Waals surface area contributed by atoms with Crippen molar-refractivity contribution >= 4 is 52.0 Å². The van der Waals surface area contributed by atoms with Crippen molar-refractivity contribution in [1.29, 1.82) is 0 Å². The molecule has 5 heteroatoms. The second-order valence-electron chi connectivity index (χ2n) is 3.74. The van der Waals surface area contributed by atoms with Crippen LogP contribution in [0.2, 0.25) is 5.02 Å². The Morgan fingerprint density at radius 3 is 2.53 bits per heavy atom. The van der Waals surface area contributed by atoms with E-state index in [9.17, 15) is 4.79 Å². The summed E-state index contributed by atoms with van der Waals surface area (Å²) in [4.78, 5) is 12.2. The van der Waals surface area contributed by atoms with E-state index in [0.717, 1.165) is 16.2 Å². The summed E-state index contributed by atoms with van der Waals surface area (Å²) < 4.78 is 0. The third kappa shape index (κ3) is 4.09. The maximum atomic E-state index is 11.3. The van der Waals surface area contributed by atoms with Gasteiger partial charge in [0.25, 0.3) is 5.24 Å². The van der Waals surface area contributed by atoms with Gasteiger partial charge in [-0.25, -0.2) is 0 Å². The van der Waals surface area contributed by atoms with Gasteiger partial charge in [-0.3, -0.25) is 4.79 Å². The van der Waals surface area contributed by atoms with Gasteiger partial charge in [0.2, 0.25) is 0 Å². The summed E-state index contributed by atoms with van der Waals surface area (Å²) in [5.74, 6) is 0.796. The lowest BCUT2D eigenvalue weighted by Gasteiger charge is -2.13. The van der Waals surface area contributed by atoms with Crippen LogP contribution in [0.1, 0.15) is 29.8 Å². The van der Waals surface area contributed by atoms with Gasteiger partial charge in [0, 0.05) is 21.2 Å². The summed E-state index contributed by atoms with van der Waals surface area (Å²) >= 11 is 15.1. The fourth-order valence-electron chi connectivity index (χ4n) is 1.38. The van der Waals surface area contributed by atoms with Crippen molar-refractivity contribution in [2.75, 3.05) is 6.26 Å². The van der Waals surface area contributed by atoms with Crippen molar-refractivity contribution < 1.29 is 4.79 Å². The number of rotatable bonds is 5. The van der Waals surface area contributed by atoms with Crippen LogP contribution in [-0.2, 0) is 5.75 Å². The first-order valence-electron chi connectivity index (χ1n) is 5.14. The second kappa shape index (κ2) is 6.93. The smallest absolute Gasteiger partial charge is 0.253 e. The van der Waals surface area contributed by atoms with Gasteiger partial charge in [0.1, 0.15) is 0 Å². The van der Waals surface area contributed by atoms with Crippen LogP contribution in [0.3, 0.4) is 0 Å². The van der Waals surface area contributed by atoms with Crippen molar-refractivity contribution in [3.63, 3.8) is 0 Å². The predicted molar refractivity (Wildman–Crippen MR) is 79.8 cm³/mol. The first-order valence-corrected chi connectivity index (χ1v) is 8.17. The van der Waals surface area contributed by atoms with Crippen molar-refractivity contribution in [2.45, 2.75) is 29.7 Å². The fourth-order valence-corrected chi connectivity index (χ4v) is 3.65. The van der Waals surface area contributed by atoms with E-state index in [-0.39, 0.29) is 0 Å². The van der Waals surface area contributed by atoms with Gasteiger partial charge in [-0.15, -0.1) is 11.8 Å². The van der Waals surface area contributed by atoms with E-state index in [4.69, 9.17) is 23.2 Å². The summed E-state index contributed by atoms with van der Waals surface area (Å²) in [7, 11) is 0. The van der Waals surface area contributed by atoms with Crippen LogP contribution in [0.15, 0.2) is 17.0 Å². The molecule has 0 bridgehead atoms. The zero-order valence-electron chi connectivity index (χ0n) is 9.92. The fraction of sp³-hybridized carbons (Fsp3) is 0.417. The summed E-state index contributed by atoms with van der Waals surface area (Å²) in [6, 6.07) is 3.43. The number of halogens is 2. The maximum Gasteiger partial charge on any atom is 0.253 e. The standard InChI is InChI=1S/C12H14Cl2OS2/c1-7(2)17-6-9-10(13)5-4-8(12(14)15)11(9)16-3/h4-5,7H,6H2,1-3H3. The lowest BCUT2D eigenvalue weighted by Crippen LogP contribution is -1.99. The number of hydrogen-bond donors (Lipinski definition) is 0. The molecule has 0 spiro atoms. The van der Waals surface area contributed by atoms with Gasteiger partial charge in [0.05, 0.1) is 0 Å². The molecule has 0 radical (unpaired) electrons. The third-order valence-electron chi connectivity index (χ3n) is 2.18. The molecule has 0 N–H and O–H groups in total. The van der Waals surface area contributed by atoms with Gasteiger partial charge in [-0.1, -0.05) is 25.4 Å². The Morgan fingerprint density at radius 2 is 2.06 bits per heavy atom. The van der Waals surface area contributed by atoms with E-state index in [1.54, 1.807) is 23.9 Å². The minimum Gasteiger partial charge on any atom is -0.276 e. The molecule has 0 aliphatic rings. The number of thioether (sulfide) groups is 2. The van der Waals surface area contributed by atoms with E-state index in [1.165, 1.54) is 11.8 Å². The van der Waals surface area contributed by atoms with Crippen LogP contribution < -0.4 is 0 Å². The van der Waals surface area contributed by atoms with E-state index in [1.807, 2.05) is 6.26 Å². The molecular formula is C12H14Cl2OS2. The molecule has 0 aromatic heterocycles. The Morgan fingerprint density at radius 1 is 1.41 bits per heavy atom. The van der Waals surface area contributed by atoms with Crippen molar-refractivity contribution in [3.05, 3.63) is 28.3 Å². The Labute approximate surface area is 121 Å². The van der Waals surface area contributed by atoms with E-state index in [2.05, 4.69) is 13.8 Å². The van der Waals surface area contributed by atoms with Gasteiger partial charge in [0.15, 0.2) is 0 Å². The molecule has 0 atom stereocenters. The molecule has 94 valence electrons. The molecular weight excluding hydrogens is 295 g/mol. The van der Waals surface area contributed by atoms with Crippen LogP contribution in [0.25, 0.3) is 0 Å². The zero-order valence-corrected chi connectivity index (χ0v) is 13.1. The van der Waals surface area contributed by atoms with Gasteiger partial charge < -0.3 is 0 Å². The normalized spacial score (nSPS) is 10.9. The molecule has 1 aromatic carbocycles. The highest BCUT2D eigenvalue weighted by atomic mass is 35.5. The largest absolute Gasteiger partial charge is 0.276 e. The summed E-state index contributed by atoms with van der Waals surface area (Å²) in [6.45, 7) is 4.27. The SMILES string of the molecule is CSc1c(C(=O)Cl)ccc(Cl)c1CSC(C)C. The average Bonchev–Trinajstić information content (AvgIpc) is 2.26. The minimum atomic E-state index is -0.429. The molecule has 0 fully saturated rings. The second-order valence-corrected chi connectivity index (χ2v) is 6.87. The lowest BCUT2D eigenvalue weighted by molar-refractivity contribution is 0.107. The number of carbonyl (C=O) groups excluding carboxylic acids is 1. The molecule has 1 rings (SSSR count). The highest BCUT2D eigenvalue weighted by Crippen LogP contribution is 2.35. The average molecular weight is 309 g/mol. The minimum absolute atomic E-state index is 0.429. The number of carbonyl (C=O) groups is 1. The van der Waals surface area contributed by atoms with Crippen molar-refractivity contribution in [2.24, 2.45) is 0 Å². The monoisotopic (exact) mass is 308 g/mol. The lowest BCUT2D eigenvalue weighted by atomic mass is 10.1. The van der Waals surface area contributed by atoms with E-state index in [0.29, 0.717) is 15.8 Å². The molecule has 0 aliphatic heterocycles. The molecule has 1 nitrogen and oxygen atoms in total. The molecule has 0 amide bonds. The topological polar surface area (TPSA) is 17.1 Å². The molecule has 0 heterocycles. The van der Waals surface area contributed by atoms with E-state index >= 15 is 0 Å². The van der Waals surface area contributed by atoms with E-state index < -0.39 is 5.24 Å². The Bertz CT molecular complexity index is 419. The third-order valence-corrected chi connectivity index (χ3v) is 4.73. The predicted octanol–water partition coefficient (Wildman–Crippen LogP) is 5.08. The van der Waals surface area contributed by atoms with Gasteiger partial charge in [-0.05, 0) is 40.8 Å². The van der Waals surface area contributed by atoms with Crippen molar-refractivity contribution in [3.8, 4) is 0 Å². The molecule has 0 aliphatic carbocycles. The first-order chi connectivity index (χ1) is 7.97. The van der Waals surface area contributed by atoms with Crippen LogP contribution in [-0.4, -0.2) is 16.7 Å². The number of benzene rings is 1. The zero-order chi connectivity index (χ0) is 13.0. The summed E-state index contributed by atoms with van der Waals surface area (Å²) in [6.07, 6.45) is 1.93. The molecule has 1 aromatic rings. The Balaban J connectivity index is 3.16. The Hall–Kier alpha value is 0.170. The van der Waals surface area contributed by atoms with Crippen LogP contribution in [0.5, 0.6) is 0 Å². The maximum absolute atomic E-state index is 11.3. The van der Waals surface area contributed by atoms with Gasteiger partial charge in [-0.2, -0.15) is 11.8 Å². The molecule has 17 heavy (non-hydrogen) atoms. The van der Waals surface area contributed by atoms with Crippen LogP contribution in [0.4, 0.5) is 0 Å². The van der Waals surface area contributed by atoms with Crippen molar-refractivity contribution in [1.82, 2.24) is 0 Å². The molecule has 0 saturated heterocycles. The highest BCUT2D eigenvalue weighted by molar-refractivity contribution is 7.99. The number of hydrogen-bond acceptors (Lipinski definition) is 3. The first kappa shape index (κ1) is 15.2. The summed E-state index contributed by atoms with van der Waals surface area (Å²) in [5, 5.41) is 0.794. The molecule has 0 unspecified atom stereocenters. The van der Waals surface area contributed by atoms with Crippen LogP contribution in [0, 0.1) is 0 Å². The van der Waals surface area contributed by atoms with Gasteiger partial charge >= 0.3 is 0 Å². The summed E-state index contributed by atoms with van der Waals surface area (Å²) in [5.41, 5.74) is 1.55. The Kier molecular flexibility index (Phi) is 6.21. The molecule has 0 saturated carbocycles. The highest BCUT2D eigenvalue weighted by Gasteiger charge is 2.16. The van der Waals surface area contributed by atoms with Crippen LogP contribution >= 0.6 is 46.7 Å².